The number of pyridine rings is 2. The molecule has 11 aromatic carbocycles. The van der Waals surface area contributed by atoms with E-state index >= 15 is 0 Å². The van der Waals surface area contributed by atoms with Crippen molar-refractivity contribution in [3.8, 4) is 17.6 Å². The van der Waals surface area contributed by atoms with Crippen molar-refractivity contribution in [2.45, 2.75) is 89.6 Å². The fourth-order valence-electron chi connectivity index (χ4n) is 9.95. The number of rotatable bonds is 5. The van der Waals surface area contributed by atoms with Crippen molar-refractivity contribution in [3.05, 3.63) is 356 Å². The van der Waals surface area contributed by atoms with Crippen molar-refractivity contribution < 1.29 is 18.8 Å². The van der Waals surface area contributed by atoms with Gasteiger partial charge in [0.25, 0.3) is 0 Å². The average Bonchev–Trinajstić information content (AvgIpc) is 1.53. The van der Waals surface area contributed by atoms with Gasteiger partial charge in [-0.1, -0.05) is 218 Å². The number of nitrogens with two attached hydrogens (primary N) is 6. The normalized spacial score (nSPS) is 9.74. The van der Waals surface area contributed by atoms with Crippen LogP contribution in [0.5, 0.6) is 11.5 Å². The zero-order valence-electron chi connectivity index (χ0n) is 65.3. The Bertz CT molecular complexity index is 5240. The number of nitrogen functional groups attached to an aromatic ring is 4. The molecule has 14 N–H and O–H groups in total. The predicted molar refractivity (Wildman–Crippen MR) is 460 cm³/mol. The first-order valence-corrected chi connectivity index (χ1v) is 35.6. The monoisotopic (exact) mass is 1490 g/mol. The van der Waals surface area contributed by atoms with Gasteiger partial charge in [-0.15, -0.1) is 0 Å². The zero-order chi connectivity index (χ0) is 80.7. The summed E-state index contributed by atoms with van der Waals surface area (Å²) in [6.07, 6.45) is 3.46. The summed E-state index contributed by atoms with van der Waals surface area (Å²) in [5.74, 6) is 3.71. The highest BCUT2D eigenvalue weighted by Gasteiger charge is 2.05. The van der Waals surface area contributed by atoms with Crippen LogP contribution in [0.4, 0.5) is 23.3 Å². The number of benzene rings is 11. The Morgan fingerprint density at radius 1 is 0.455 bits per heavy atom. The molecule has 0 bridgehead atoms. The highest BCUT2D eigenvalue weighted by atomic mass is 35.5. The van der Waals surface area contributed by atoms with Crippen LogP contribution in [0, 0.1) is 92.9 Å². The summed E-state index contributed by atoms with van der Waals surface area (Å²) in [4.78, 5) is 18.6. The van der Waals surface area contributed by atoms with Gasteiger partial charge >= 0.3 is 0 Å². The number of aromatic amines is 1. The number of halogens is 1. The Balaban J connectivity index is 0.000000217. The quantitative estimate of drug-likeness (QED) is 0.0743. The van der Waals surface area contributed by atoms with Gasteiger partial charge in [0, 0.05) is 51.4 Å². The third-order valence-electron chi connectivity index (χ3n) is 16.1. The number of carbonyl (C=O) groups is 1. The highest BCUT2D eigenvalue weighted by Crippen LogP contribution is 2.23. The Hall–Kier alpha value is -13.1. The third kappa shape index (κ3) is 31.5. The molecular weight excluding hydrogens is 1390 g/mol. The molecule has 0 aliphatic carbocycles. The van der Waals surface area contributed by atoms with E-state index in [0.717, 1.165) is 87.8 Å². The molecule has 15 aromatic rings. The Morgan fingerprint density at radius 3 is 1.39 bits per heavy atom. The lowest BCUT2D eigenvalue weighted by atomic mass is 10.1. The molecule has 1 amide bonds. The van der Waals surface area contributed by atoms with Crippen LogP contribution in [0.25, 0.3) is 43.4 Å². The highest BCUT2D eigenvalue weighted by molar-refractivity contribution is 6.30. The van der Waals surface area contributed by atoms with Crippen molar-refractivity contribution >= 4 is 89.9 Å². The molecule has 0 spiro atoms. The first kappa shape index (κ1) is 87.5. The first-order chi connectivity index (χ1) is 52.6. The average molecular weight is 1490 g/mol. The van der Waals surface area contributed by atoms with Crippen LogP contribution in [0.15, 0.2) is 272 Å². The fourth-order valence-corrected chi connectivity index (χ4v) is 10.2. The van der Waals surface area contributed by atoms with Crippen LogP contribution in [0.1, 0.15) is 95.2 Å². The molecule has 110 heavy (non-hydrogen) atoms. The second-order valence-electron chi connectivity index (χ2n) is 25.8. The number of primary amides is 1. The van der Waals surface area contributed by atoms with Crippen LogP contribution < -0.4 is 43.9 Å². The molecule has 15 rings (SSSR count). The molecule has 0 aliphatic heterocycles. The number of aryl methyl sites for hydroxylation is 11. The number of fused-ring (bicyclic) bond motifs is 4. The van der Waals surface area contributed by atoms with E-state index in [9.17, 15) is 4.79 Å². The summed E-state index contributed by atoms with van der Waals surface area (Å²) < 4.78 is 14.9. The van der Waals surface area contributed by atoms with Crippen molar-refractivity contribution in [2.75, 3.05) is 37.2 Å². The molecule has 0 saturated heterocycles. The number of ether oxygens (including phenoxy) is 2. The molecule has 0 unspecified atom stereocenters. The van der Waals surface area contributed by atoms with Crippen LogP contribution in [-0.4, -0.2) is 51.2 Å². The van der Waals surface area contributed by atoms with Crippen LogP contribution >= 0.6 is 11.6 Å². The molecule has 0 radical (unpaired) electrons. The number of methoxy groups -OCH3 is 2. The van der Waals surface area contributed by atoms with Crippen molar-refractivity contribution in [1.29, 1.82) is 10.7 Å². The van der Waals surface area contributed by atoms with E-state index in [1.807, 2.05) is 249 Å². The molecular formula is C92H102ClN13O4. The third-order valence-corrected chi connectivity index (χ3v) is 16.3. The van der Waals surface area contributed by atoms with E-state index in [2.05, 4.69) is 95.5 Å². The Kier molecular flexibility index (Phi) is 36.6. The number of carbonyl (C=O) groups excluding carboxylic acids is 1. The summed E-state index contributed by atoms with van der Waals surface area (Å²) in [6.45, 7) is 24.8. The number of anilines is 4. The van der Waals surface area contributed by atoms with Gasteiger partial charge in [0.15, 0.2) is 17.2 Å². The maximum Gasteiger partial charge on any atom is 0.248 e. The van der Waals surface area contributed by atoms with Gasteiger partial charge in [0.1, 0.15) is 23.1 Å². The minimum Gasteiger partial charge on any atom is -0.497 e. The lowest BCUT2D eigenvalue weighted by molar-refractivity contribution is 0.1000. The van der Waals surface area contributed by atoms with E-state index in [0.29, 0.717) is 41.1 Å². The van der Waals surface area contributed by atoms with E-state index in [1.165, 1.54) is 50.1 Å². The van der Waals surface area contributed by atoms with Gasteiger partial charge in [0.05, 0.1) is 36.8 Å². The topological polar surface area (TPSA) is 320 Å². The summed E-state index contributed by atoms with van der Waals surface area (Å²) in [5.41, 5.74) is 52.2. The summed E-state index contributed by atoms with van der Waals surface area (Å²) in [7, 11) is 3.34. The smallest absolute Gasteiger partial charge is 0.248 e. The predicted octanol–water partition coefficient (Wildman–Crippen LogP) is 20.9. The largest absolute Gasteiger partial charge is 0.497 e. The summed E-state index contributed by atoms with van der Waals surface area (Å²) in [5, 5.41) is 33.2. The van der Waals surface area contributed by atoms with Crippen molar-refractivity contribution in [2.24, 2.45) is 11.5 Å². The Morgan fingerprint density at radius 2 is 0.909 bits per heavy atom. The van der Waals surface area contributed by atoms with Crippen molar-refractivity contribution in [1.82, 2.24) is 25.3 Å². The van der Waals surface area contributed by atoms with Gasteiger partial charge < -0.3 is 53.8 Å². The number of nitrogens with one attached hydrogen (secondary N) is 2. The fraction of sp³-hybridized carbons (Fsp3) is 0.163. The van der Waals surface area contributed by atoms with E-state index < -0.39 is 0 Å². The lowest BCUT2D eigenvalue weighted by Gasteiger charge is -2.00. The van der Waals surface area contributed by atoms with E-state index in [-0.39, 0.29) is 5.91 Å². The molecule has 4 heterocycles. The van der Waals surface area contributed by atoms with Gasteiger partial charge in [-0.2, -0.15) is 10.4 Å². The van der Waals surface area contributed by atoms with E-state index in [1.54, 1.807) is 51.7 Å². The summed E-state index contributed by atoms with van der Waals surface area (Å²) >= 11 is 5.64. The SMILES string of the molecule is CC(=N)c1cccc(C)c1.COc1ccc(C)cc1.COc1ccc(C)cc1.Cc1ccc(C(N)=O)cc1.Cc1ccc2[nH]nc(N)c2c1.Cc1ccc2c(N)nccc2c1.Cc1ccc2ccnc(N)c2c1.Cc1ccc2onc(N)c2c1.Cc1cccc(C#N)c1.Cc1cccc(CN)c1.Cc1cccc(Cl)c1. The number of amides is 1. The van der Waals surface area contributed by atoms with Crippen LogP contribution in [0.2, 0.25) is 5.02 Å². The van der Waals surface area contributed by atoms with Crippen LogP contribution in [0.3, 0.4) is 0 Å². The number of nitriles is 1. The number of nitrogens with zero attached hydrogens (tertiary/aromatic N) is 5. The number of hydrogen-bond acceptors (Lipinski definition) is 15. The zero-order valence-corrected chi connectivity index (χ0v) is 66.1. The molecule has 566 valence electrons. The number of H-pyrrole nitrogens is 1. The van der Waals surface area contributed by atoms with Crippen LogP contribution in [-0.2, 0) is 6.54 Å². The molecule has 18 heteroatoms. The Labute approximate surface area is 652 Å². The number of hydrogen-bond donors (Lipinski definition) is 8. The van der Waals surface area contributed by atoms with Gasteiger partial charge in [0.2, 0.25) is 5.91 Å². The molecule has 4 aromatic heterocycles. The minimum absolute atomic E-state index is 0.375. The lowest BCUT2D eigenvalue weighted by Crippen LogP contribution is -2.10. The summed E-state index contributed by atoms with van der Waals surface area (Å²) in [6, 6.07) is 84.7. The van der Waals surface area contributed by atoms with Gasteiger partial charge in [-0.25, -0.2) is 9.97 Å². The second-order valence-corrected chi connectivity index (χ2v) is 26.2. The minimum atomic E-state index is -0.375. The molecule has 17 nitrogen and oxygen atoms in total. The maximum atomic E-state index is 10.5. The molecule has 0 atom stereocenters. The second kappa shape index (κ2) is 46.1. The van der Waals surface area contributed by atoms with E-state index in [4.69, 9.17) is 70.7 Å². The standard InChI is InChI=1S/2C10H10N2.C9H11N.C8H9N3.C8H8N2O.C8H9NO.C8H11N.C8H7N.2C8H10O.C7H7Cl/c1-7-2-3-9-8(6-7)4-5-12-10(9)11;1-7-2-3-8-4-5-12-10(11)9(8)6-7;1-7-4-3-5-9(6-7)8(2)10;1-5-2-3-7-6(4-5)8(9)11-10-7;1-5-2-3-7-6(4-5)8(9)10-11-7;1-6-2-4-7(5-3-6)8(9)10;2*1-7-3-2-4-8(5-7)6-9;2*1-7-3-5-8(9-2)6-4-7;1-6-3-2-4-7(8)5-6/h2*2-6H,1H3,(H2,11,12);3-6,10H,1-2H3;2-4H,1H3,(H3,9,10,11);2-4H,1H3,(H2,9,10);2-5H,1H3,(H2,9,10);2-5H,6,9H2,1H3;2-5H,1H3;2*3-6H,1-2H3;2-5H,1H3. The van der Waals surface area contributed by atoms with Gasteiger partial charge in [-0.05, 0) is 219 Å². The molecule has 0 saturated carbocycles. The maximum absolute atomic E-state index is 10.5. The molecule has 0 fully saturated rings. The first-order valence-electron chi connectivity index (χ1n) is 35.3. The van der Waals surface area contributed by atoms with Gasteiger partial charge in [-0.3, -0.25) is 9.89 Å². The number of aromatic nitrogens is 5. The van der Waals surface area contributed by atoms with Crippen molar-refractivity contribution in [3.63, 3.8) is 0 Å². The molecule has 0 aliphatic rings.